The largest absolute Gasteiger partial charge is 0.392 e. The first-order valence-corrected chi connectivity index (χ1v) is 8.06. The van der Waals surface area contributed by atoms with Crippen LogP contribution < -0.4 is 0 Å². The molecule has 0 spiro atoms. The SMILES string of the molecule is Cc1cccc(CN2CC[C@H](Cc3ccc(CO)cc3)C2)n1. The molecule has 3 rings (SSSR count). The molecule has 2 heterocycles. The van der Waals surface area contributed by atoms with Crippen LogP contribution in [0.5, 0.6) is 0 Å². The zero-order valence-corrected chi connectivity index (χ0v) is 13.2. The Morgan fingerprint density at radius 2 is 1.91 bits per heavy atom. The highest BCUT2D eigenvalue weighted by molar-refractivity contribution is 5.22. The molecule has 1 fully saturated rings. The van der Waals surface area contributed by atoms with Crippen molar-refractivity contribution in [3.63, 3.8) is 0 Å². The van der Waals surface area contributed by atoms with Crippen LogP contribution in [0, 0.1) is 12.8 Å². The summed E-state index contributed by atoms with van der Waals surface area (Å²) in [7, 11) is 0. The Balaban J connectivity index is 1.53. The summed E-state index contributed by atoms with van der Waals surface area (Å²) in [5.41, 5.74) is 4.63. The summed E-state index contributed by atoms with van der Waals surface area (Å²) < 4.78 is 0. The molecule has 2 aromatic rings. The molecule has 0 amide bonds. The van der Waals surface area contributed by atoms with Gasteiger partial charge in [0.25, 0.3) is 0 Å². The maximum absolute atomic E-state index is 9.09. The van der Waals surface area contributed by atoms with Crippen LogP contribution in [0.3, 0.4) is 0 Å². The molecule has 1 aliphatic heterocycles. The third-order valence-corrected chi connectivity index (χ3v) is 4.43. The minimum absolute atomic E-state index is 0.126. The van der Waals surface area contributed by atoms with Crippen LogP contribution in [-0.4, -0.2) is 28.1 Å². The molecule has 1 atom stereocenters. The number of aromatic nitrogens is 1. The number of likely N-dealkylation sites (tertiary alicyclic amines) is 1. The third-order valence-electron chi connectivity index (χ3n) is 4.43. The van der Waals surface area contributed by atoms with Gasteiger partial charge in [-0.2, -0.15) is 0 Å². The van der Waals surface area contributed by atoms with E-state index >= 15 is 0 Å². The molecule has 1 aliphatic rings. The van der Waals surface area contributed by atoms with Crippen molar-refractivity contribution >= 4 is 0 Å². The maximum atomic E-state index is 9.09. The van der Waals surface area contributed by atoms with Gasteiger partial charge in [0.05, 0.1) is 12.3 Å². The second-order valence-electron chi connectivity index (χ2n) is 6.34. The van der Waals surface area contributed by atoms with Crippen molar-refractivity contribution in [1.82, 2.24) is 9.88 Å². The summed E-state index contributed by atoms with van der Waals surface area (Å²) in [6, 6.07) is 14.6. The van der Waals surface area contributed by atoms with Crippen molar-refractivity contribution in [2.45, 2.75) is 32.9 Å². The number of aliphatic hydroxyl groups excluding tert-OH is 1. The molecular formula is C19H24N2O. The molecule has 1 aromatic heterocycles. The molecule has 0 aliphatic carbocycles. The summed E-state index contributed by atoms with van der Waals surface area (Å²) in [6.45, 7) is 5.45. The van der Waals surface area contributed by atoms with Crippen molar-refractivity contribution < 1.29 is 5.11 Å². The topological polar surface area (TPSA) is 36.4 Å². The molecule has 0 saturated carbocycles. The number of aliphatic hydroxyl groups is 1. The van der Waals surface area contributed by atoms with Gasteiger partial charge in [-0.15, -0.1) is 0 Å². The van der Waals surface area contributed by atoms with Crippen molar-refractivity contribution in [3.05, 3.63) is 65.0 Å². The van der Waals surface area contributed by atoms with E-state index in [9.17, 15) is 0 Å². The minimum atomic E-state index is 0.126. The van der Waals surface area contributed by atoms with E-state index in [2.05, 4.69) is 34.1 Å². The number of hydrogen-bond acceptors (Lipinski definition) is 3. The van der Waals surface area contributed by atoms with E-state index in [0.717, 1.165) is 43.2 Å². The highest BCUT2D eigenvalue weighted by Gasteiger charge is 2.22. The Bertz CT molecular complexity index is 609. The van der Waals surface area contributed by atoms with Crippen LogP contribution >= 0.6 is 0 Å². The van der Waals surface area contributed by atoms with Crippen LogP contribution in [-0.2, 0) is 19.6 Å². The first kappa shape index (κ1) is 15.2. The van der Waals surface area contributed by atoms with Crippen LogP contribution in [0.2, 0.25) is 0 Å². The summed E-state index contributed by atoms with van der Waals surface area (Å²) >= 11 is 0. The standard InChI is InChI=1S/C19H24N2O/c1-15-3-2-4-19(20-15)13-21-10-9-18(12-21)11-16-5-7-17(14-22)8-6-16/h2-8,18,22H,9-14H2,1H3/t18-/m1/s1. The molecule has 0 bridgehead atoms. The van der Waals surface area contributed by atoms with E-state index in [1.54, 1.807) is 0 Å². The Morgan fingerprint density at radius 1 is 1.14 bits per heavy atom. The van der Waals surface area contributed by atoms with E-state index in [1.165, 1.54) is 17.7 Å². The zero-order valence-electron chi connectivity index (χ0n) is 13.2. The first-order valence-electron chi connectivity index (χ1n) is 8.06. The Hall–Kier alpha value is -1.71. The van der Waals surface area contributed by atoms with E-state index in [-0.39, 0.29) is 6.61 Å². The highest BCUT2D eigenvalue weighted by Crippen LogP contribution is 2.22. The molecular weight excluding hydrogens is 272 g/mol. The van der Waals surface area contributed by atoms with E-state index in [0.29, 0.717) is 0 Å². The number of hydrogen-bond donors (Lipinski definition) is 1. The predicted molar refractivity (Wildman–Crippen MR) is 88.4 cm³/mol. The molecule has 3 heteroatoms. The molecule has 1 aromatic carbocycles. The maximum Gasteiger partial charge on any atom is 0.0681 e. The number of nitrogens with zero attached hydrogens (tertiary/aromatic N) is 2. The second-order valence-corrected chi connectivity index (χ2v) is 6.34. The Kier molecular flexibility index (Phi) is 4.86. The molecule has 0 unspecified atom stereocenters. The first-order chi connectivity index (χ1) is 10.7. The number of pyridine rings is 1. The van der Waals surface area contributed by atoms with Gasteiger partial charge in [-0.25, -0.2) is 0 Å². The quantitative estimate of drug-likeness (QED) is 0.921. The molecule has 1 N–H and O–H groups in total. The lowest BCUT2D eigenvalue weighted by Crippen LogP contribution is -2.21. The van der Waals surface area contributed by atoms with Gasteiger partial charge >= 0.3 is 0 Å². The number of rotatable bonds is 5. The van der Waals surface area contributed by atoms with Gasteiger partial charge in [-0.3, -0.25) is 9.88 Å². The summed E-state index contributed by atoms with van der Waals surface area (Å²) in [4.78, 5) is 7.11. The van der Waals surface area contributed by atoms with Crippen LogP contribution in [0.1, 0.15) is 28.9 Å². The summed E-state index contributed by atoms with van der Waals surface area (Å²) in [5.74, 6) is 0.727. The average Bonchev–Trinajstić information content (AvgIpc) is 2.95. The fourth-order valence-corrected chi connectivity index (χ4v) is 3.25. The van der Waals surface area contributed by atoms with Crippen LogP contribution in [0.25, 0.3) is 0 Å². The van der Waals surface area contributed by atoms with Crippen molar-refractivity contribution in [2.24, 2.45) is 5.92 Å². The van der Waals surface area contributed by atoms with Gasteiger partial charge in [0, 0.05) is 18.8 Å². The van der Waals surface area contributed by atoms with Crippen molar-refractivity contribution in [1.29, 1.82) is 0 Å². The monoisotopic (exact) mass is 296 g/mol. The lowest BCUT2D eigenvalue weighted by Gasteiger charge is -2.16. The average molecular weight is 296 g/mol. The summed E-state index contributed by atoms with van der Waals surface area (Å²) in [6.07, 6.45) is 2.39. The molecule has 116 valence electrons. The lowest BCUT2D eigenvalue weighted by atomic mass is 9.98. The zero-order chi connectivity index (χ0) is 15.4. The molecule has 3 nitrogen and oxygen atoms in total. The number of benzene rings is 1. The normalized spacial score (nSPS) is 18.7. The smallest absolute Gasteiger partial charge is 0.0681 e. The van der Waals surface area contributed by atoms with E-state index in [4.69, 9.17) is 5.11 Å². The minimum Gasteiger partial charge on any atom is -0.392 e. The molecule has 0 radical (unpaired) electrons. The third kappa shape index (κ3) is 3.93. The van der Waals surface area contributed by atoms with Gasteiger partial charge in [0.2, 0.25) is 0 Å². The molecule has 1 saturated heterocycles. The molecule has 22 heavy (non-hydrogen) atoms. The van der Waals surface area contributed by atoms with Crippen molar-refractivity contribution in [3.8, 4) is 0 Å². The second kappa shape index (κ2) is 7.03. The predicted octanol–water partition coefficient (Wildman–Crippen LogP) is 2.95. The lowest BCUT2D eigenvalue weighted by molar-refractivity contribution is 0.282. The van der Waals surface area contributed by atoms with Gasteiger partial charge < -0.3 is 5.11 Å². The highest BCUT2D eigenvalue weighted by atomic mass is 16.3. The Labute approximate surface area is 132 Å². The van der Waals surface area contributed by atoms with Gasteiger partial charge in [0.1, 0.15) is 0 Å². The van der Waals surface area contributed by atoms with E-state index < -0.39 is 0 Å². The Morgan fingerprint density at radius 3 is 2.64 bits per heavy atom. The fourth-order valence-electron chi connectivity index (χ4n) is 3.25. The summed E-state index contributed by atoms with van der Waals surface area (Å²) in [5, 5.41) is 9.09. The van der Waals surface area contributed by atoms with E-state index in [1.807, 2.05) is 25.1 Å². The number of aryl methyl sites for hydroxylation is 1. The van der Waals surface area contributed by atoms with Crippen LogP contribution in [0.4, 0.5) is 0 Å². The van der Waals surface area contributed by atoms with Gasteiger partial charge in [0.15, 0.2) is 0 Å². The fraction of sp³-hybridized carbons (Fsp3) is 0.421. The van der Waals surface area contributed by atoms with Crippen molar-refractivity contribution in [2.75, 3.05) is 13.1 Å². The van der Waals surface area contributed by atoms with Gasteiger partial charge in [-0.05, 0) is 55.5 Å². The van der Waals surface area contributed by atoms with Gasteiger partial charge in [-0.1, -0.05) is 30.3 Å². The van der Waals surface area contributed by atoms with Crippen LogP contribution in [0.15, 0.2) is 42.5 Å².